The molecule has 1 aliphatic rings. The fourth-order valence-electron chi connectivity index (χ4n) is 3.21. The summed E-state index contributed by atoms with van der Waals surface area (Å²) in [7, 11) is 0. The van der Waals surface area contributed by atoms with Gasteiger partial charge < -0.3 is 14.8 Å². The summed E-state index contributed by atoms with van der Waals surface area (Å²) in [6, 6.07) is 7.37. The molecule has 5 heteroatoms. The number of benzene rings is 1. The van der Waals surface area contributed by atoms with Crippen molar-refractivity contribution in [2.75, 3.05) is 11.9 Å². The first-order valence-corrected chi connectivity index (χ1v) is 9.71. The molecule has 5 nitrogen and oxygen atoms in total. The minimum absolute atomic E-state index is 0.0786. The molecule has 0 radical (unpaired) electrons. The van der Waals surface area contributed by atoms with E-state index in [0.29, 0.717) is 23.6 Å². The average Bonchev–Trinajstić information content (AvgIpc) is 2.67. The van der Waals surface area contributed by atoms with Gasteiger partial charge in [-0.05, 0) is 44.7 Å². The number of nitrogens with zero attached hydrogens (tertiary/aromatic N) is 1. The van der Waals surface area contributed by atoms with Crippen LogP contribution in [0.2, 0.25) is 0 Å². The van der Waals surface area contributed by atoms with E-state index in [9.17, 15) is 10.1 Å². The molecule has 2 rings (SSSR count). The highest BCUT2D eigenvalue weighted by Crippen LogP contribution is 2.34. The smallest absolute Gasteiger partial charge is 0.256 e. The fraction of sp³-hybridized carbons (Fsp3) is 0.619. The van der Waals surface area contributed by atoms with Crippen molar-refractivity contribution in [3.8, 4) is 11.8 Å². The van der Waals surface area contributed by atoms with Gasteiger partial charge in [-0.3, -0.25) is 4.79 Å². The SMILES string of the molecule is CCCOC1(C(=O)Nc2ccc(O[C@@H](C)CC)cc2C#N)CCCCC1. The molecule has 1 aromatic carbocycles. The molecular formula is C21H30N2O3. The van der Waals surface area contributed by atoms with Gasteiger partial charge in [0.25, 0.3) is 5.91 Å². The molecule has 0 spiro atoms. The molecular weight excluding hydrogens is 328 g/mol. The molecule has 1 atom stereocenters. The van der Waals surface area contributed by atoms with E-state index in [1.54, 1.807) is 18.2 Å². The summed E-state index contributed by atoms with van der Waals surface area (Å²) in [5, 5.41) is 12.4. The minimum Gasteiger partial charge on any atom is -0.491 e. The molecule has 1 aromatic rings. The Bertz CT molecular complexity index is 645. The number of nitrogens with one attached hydrogen (secondary N) is 1. The van der Waals surface area contributed by atoms with Crippen LogP contribution in [-0.2, 0) is 9.53 Å². The summed E-state index contributed by atoms with van der Waals surface area (Å²) in [5.74, 6) is 0.501. The second-order valence-electron chi connectivity index (χ2n) is 7.01. The number of hydrogen-bond acceptors (Lipinski definition) is 4. The molecule has 1 amide bonds. The predicted octanol–water partition coefficient (Wildman–Crippen LogP) is 4.80. The molecule has 0 aliphatic heterocycles. The van der Waals surface area contributed by atoms with Gasteiger partial charge in [0.05, 0.1) is 17.4 Å². The van der Waals surface area contributed by atoms with Crippen molar-refractivity contribution in [1.82, 2.24) is 0 Å². The normalized spacial score (nSPS) is 17.2. The van der Waals surface area contributed by atoms with E-state index in [0.717, 1.165) is 44.9 Å². The number of rotatable bonds is 8. The Morgan fingerprint density at radius 3 is 2.65 bits per heavy atom. The van der Waals surface area contributed by atoms with Gasteiger partial charge in [-0.2, -0.15) is 5.26 Å². The number of ether oxygens (including phenoxy) is 2. The number of anilines is 1. The van der Waals surface area contributed by atoms with E-state index in [-0.39, 0.29) is 12.0 Å². The molecule has 142 valence electrons. The third kappa shape index (κ3) is 4.98. The lowest BCUT2D eigenvalue weighted by molar-refractivity contribution is -0.146. The van der Waals surface area contributed by atoms with Gasteiger partial charge in [-0.15, -0.1) is 0 Å². The standard InChI is InChI=1S/C21H30N2O3/c1-4-13-25-21(11-7-6-8-12-21)20(24)23-19-10-9-18(14-17(19)15-22)26-16(3)5-2/h9-10,14,16H,4-8,11-13H2,1-3H3,(H,23,24)/t16-/m0/s1. The molecule has 0 saturated heterocycles. The first kappa shape index (κ1) is 20.3. The molecule has 1 aliphatic carbocycles. The van der Waals surface area contributed by atoms with Crippen molar-refractivity contribution in [1.29, 1.82) is 5.26 Å². The van der Waals surface area contributed by atoms with Crippen LogP contribution in [0, 0.1) is 11.3 Å². The van der Waals surface area contributed by atoms with Crippen molar-refractivity contribution in [3.63, 3.8) is 0 Å². The molecule has 26 heavy (non-hydrogen) atoms. The van der Waals surface area contributed by atoms with E-state index < -0.39 is 5.60 Å². The topological polar surface area (TPSA) is 71.3 Å². The minimum atomic E-state index is -0.771. The highest BCUT2D eigenvalue weighted by Gasteiger charge is 2.40. The third-order valence-electron chi connectivity index (χ3n) is 4.93. The highest BCUT2D eigenvalue weighted by atomic mass is 16.5. The van der Waals surface area contributed by atoms with E-state index in [4.69, 9.17) is 9.47 Å². The lowest BCUT2D eigenvalue weighted by Gasteiger charge is -2.35. The second-order valence-corrected chi connectivity index (χ2v) is 7.01. The summed E-state index contributed by atoms with van der Waals surface area (Å²) < 4.78 is 11.8. The van der Waals surface area contributed by atoms with Crippen LogP contribution in [-0.4, -0.2) is 24.2 Å². The number of carbonyl (C=O) groups excluding carboxylic acids is 1. The van der Waals surface area contributed by atoms with Crippen LogP contribution in [0.5, 0.6) is 5.75 Å². The first-order chi connectivity index (χ1) is 12.5. The molecule has 1 fully saturated rings. The van der Waals surface area contributed by atoms with Crippen LogP contribution in [0.1, 0.15) is 71.3 Å². The Kier molecular flexibility index (Phi) is 7.47. The molecule has 0 unspecified atom stereocenters. The van der Waals surface area contributed by atoms with Crippen molar-refractivity contribution in [2.24, 2.45) is 0 Å². The Hall–Kier alpha value is -2.06. The van der Waals surface area contributed by atoms with Gasteiger partial charge in [-0.25, -0.2) is 0 Å². The van der Waals surface area contributed by atoms with Gasteiger partial charge in [-0.1, -0.05) is 33.1 Å². The maximum absolute atomic E-state index is 13.0. The van der Waals surface area contributed by atoms with Crippen LogP contribution in [0.25, 0.3) is 0 Å². The maximum atomic E-state index is 13.0. The van der Waals surface area contributed by atoms with Gasteiger partial charge in [0, 0.05) is 12.7 Å². The average molecular weight is 358 g/mol. The van der Waals surface area contributed by atoms with Crippen LogP contribution >= 0.6 is 0 Å². The largest absolute Gasteiger partial charge is 0.491 e. The number of nitriles is 1. The first-order valence-electron chi connectivity index (χ1n) is 9.71. The summed E-state index contributed by atoms with van der Waals surface area (Å²) in [6.07, 6.45) is 6.42. The Morgan fingerprint density at radius 2 is 2.04 bits per heavy atom. The molecule has 0 heterocycles. The summed E-state index contributed by atoms with van der Waals surface area (Å²) >= 11 is 0. The molecule has 0 bridgehead atoms. The van der Waals surface area contributed by atoms with E-state index in [1.165, 1.54) is 0 Å². The highest BCUT2D eigenvalue weighted by molar-refractivity contribution is 5.98. The van der Waals surface area contributed by atoms with Crippen LogP contribution in [0.4, 0.5) is 5.69 Å². The molecule has 1 N–H and O–H groups in total. The lowest BCUT2D eigenvalue weighted by atomic mass is 9.83. The van der Waals surface area contributed by atoms with Gasteiger partial charge in [0.2, 0.25) is 0 Å². The molecule has 1 saturated carbocycles. The van der Waals surface area contributed by atoms with Crippen LogP contribution in [0.15, 0.2) is 18.2 Å². The number of carbonyl (C=O) groups is 1. The molecule has 0 aromatic heterocycles. The number of hydrogen-bond donors (Lipinski definition) is 1. The summed E-state index contributed by atoms with van der Waals surface area (Å²) in [5.41, 5.74) is 0.145. The third-order valence-corrected chi connectivity index (χ3v) is 4.93. The Labute approximate surface area is 156 Å². The van der Waals surface area contributed by atoms with Crippen molar-refractivity contribution in [3.05, 3.63) is 23.8 Å². The van der Waals surface area contributed by atoms with E-state index in [2.05, 4.69) is 11.4 Å². The van der Waals surface area contributed by atoms with Crippen molar-refractivity contribution < 1.29 is 14.3 Å². The lowest BCUT2D eigenvalue weighted by Crippen LogP contribution is -2.47. The van der Waals surface area contributed by atoms with E-state index in [1.807, 2.05) is 20.8 Å². The fourth-order valence-corrected chi connectivity index (χ4v) is 3.21. The quantitative estimate of drug-likeness (QED) is 0.724. The van der Waals surface area contributed by atoms with Crippen molar-refractivity contribution in [2.45, 2.75) is 77.4 Å². The zero-order valence-corrected chi connectivity index (χ0v) is 16.1. The zero-order chi connectivity index (χ0) is 19.0. The van der Waals surface area contributed by atoms with Gasteiger partial charge in [0.15, 0.2) is 0 Å². The van der Waals surface area contributed by atoms with Crippen LogP contribution < -0.4 is 10.1 Å². The zero-order valence-electron chi connectivity index (χ0n) is 16.1. The van der Waals surface area contributed by atoms with Gasteiger partial charge >= 0.3 is 0 Å². The predicted molar refractivity (Wildman–Crippen MR) is 102 cm³/mol. The van der Waals surface area contributed by atoms with E-state index >= 15 is 0 Å². The summed E-state index contributed by atoms with van der Waals surface area (Å²) in [4.78, 5) is 13.0. The van der Waals surface area contributed by atoms with Crippen LogP contribution in [0.3, 0.4) is 0 Å². The summed E-state index contributed by atoms with van der Waals surface area (Å²) in [6.45, 7) is 6.64. The Balaban J connectivity index is 2.17. The maximum Gasteiger partial charge on any atom is 0.256 e. The van der Waals surface area contributed by atoms with Gasteiger partial charge in [0.1, 0.15) is 17.4 Å². The number of amides is 1. The second kappa shape index (κ2) is 9.59. The van der Waals surface area contributed by atoms with Crippen molar-refractivity contribution >= 4 is 11.6 Å². The Morgan fingerprint density at radius 1 is 1.31 bits per heavy atom. The monoisotopic (exact) mass is 358 g/mol.